The van der Waals surface area contributed by atoms with Crippen molar-refractivity contribution in [2.75, 3.05) is 19.6 Å². The number of hydrogen-bond donors (Lipinski definition) is 1. The van der Waals surface area contributed by atoms with Gasteiger partial charge in [-0.3, -0.25) is 9.48 Å². The van der Waals surface area contributed by atoms with Gasteiger partial charge in [-0.25, -0.2) is 0 Å². The van der Waals surface area contributed by atoms with Gasteiger partial charge in [-0.05, 0) is 37.0 Å². The number of nitrogens with zero attached hydrogens (tertiary/aromatic N) is 3. The summed E-state index contributed by atoms with van der Waals surface area (Å²) < 4.78 is 1.82. The molecular weight excluding hydrogens is 360 g/mol. The maximum absolute atomic E-state index is 13.4. The second-order valence-electron chi connectivity index (χ2n) is 7.95. The summed E-state index contributed by atoms with van der Waals surface area (Å²) in [5.41, 5.74) is 3.89. The number of likely N-dealkylation sites (tertiary alicyclic amines) is 1. The molecule has 2 saturated heterocycles. The molecule has 2 fully saturated rings. The first-order chi connectivity index (χ1) is 12.5. The van der Waals surface area contributed by atoms with Crippen LogP contribution in [0.4, 0.5) is 0 Å². The maximum Gasteiger partial charge on any atom is 0.227 e. The fourth-order valence-electron chi connectivity index (χ4n) is 4.74. The lowest BCUT2D eigenvalue weighted by molar-refractivity contribution is -0.135. The van der Waals surface area contributed by atoms with Crippen molar-refractivity contribution >= 4 is 18.3 Å². The van der Waals surface area contributed by atoms with Gasteiger partial charge in [0, 0.05) is 50.8 Å². The van der Waals surface area contributed by atoms with E-state index in [1.807, 2.05) is 24.1 Å². The van der Waals surface area contributed by atoms with E-state index in [0.29, 0.717) is 17.9 Å². The molecule has 1 N–H and O–H groups in total. The van der Waals surface area contributed by atoms with Crippen LogP contribution in [0, 0.1) is 12.8 Å². The quantitative estimate of drug-likeness (QED) is 0.879. The summed E-state index contributed by atoms with van der Waals surface area (Å²) >= 11 is 0. The smallest absolute Gasteiger partial charge is 0.227 e. The van der Waals surface area contributed by atoms with E-state index < -0.39 is 0 Å². The average molecular weight is 389 g/mol. The average Bonchev–Trinajstić information content (AvgIpc) is 3.34. The number of amides is 1. The first kappa shape index (κ1) is 19.9. The molecule has 2 aliphatic heterocycles. The molecule has 4 atom stereocenters. The Labute approximate surface area is 167 Å². The van der Waals surface area contributed by atoms with Gasteiger partial charge in [-0.15, -0.1) is 12.4 Å². The molecular formula is C21H29ClN4O. The Hall–Kier alpha value is -1.85. The van der Waals surface area contributed by atoms with Crippen molar-refractivity contribution in [3.63, 3.8) is 0 Å². The molecule has 6 heteroatoms. The minimum absolute atomic E-state index is 0. The summed E-state index contributed by atoms with van der Waals surface area (Å²) in [6.07, 6.45) is 5.00. The Balaban J connectivity index is 0.00000210. The molecule has 2 aromatic rings. The van der Waals surface area contributed by atoms with Gasteiger partial charge in [0.05, 0.1) is 12.1 Å². The number of hydrogen-bond acceptors (Lipinski definition) is 3. The summed E-state index contributed by atoms with van der Waals surface area (Å²) in [7, 11) is 1.93. The van der Waals surface area contributed by atoms with Crippen LogP contribution in [-0.2, 0) is 11.8 Å². The lowest BCUT2D eigenvalue weighted by Crippen LogP contribution is -2.40. The highest BCUT2D eigenvalue weighted by Gasteiger charge is 2.41. The Bertz CT molecular complexity index is 805. The fraction of sp³-hybridized carbons (Fsp3) is 0.524. The molecule has 2 aliphatic rings. The largest absolute Gasteiger partial charge is 0.339 e. The van der Waals surface area contributed by atoms with Crippen molar-refractivity contribution in [1.82, 2.24) is 20.0 Å². The van der Waals surface area contributed by atoms with E-state index in [1.54, 1.807) is 0 Å². The van der Waals surface area contributed by atoms with Crippen molar-refractivity contribution < 1.29 is 4.79 Å². The molecule has 0 spiro atoms. The molecule has 5 nitrogen and oxygen atoms in total. The number of aryl methyl sites for hydroxylation is 2. The van der Waals surface area contributed by atoms with Gasteiger partial charge >= 0.3 is 0 Å². The van der Waals surface area contributed by atoms with Crippen molar-refractivity contribution in [1.29, 1.82) is 0 Å². The normalized spacial score (nSPS) is 27.6. The second-order valence-corrected chi connectivity index (χ2v) is 7.95. The molecule has 0 saturated carbocycles. The van der Waals surface area contributed by atoms with Crippen LogP contribution in [0.15, 0.2) is 36.7 Å². The third kappa shape index (κ3) is 3.76. The van der Waals surface area contributed by atoms with Crippen LogP contribution in [0.3, 0.4) is 0 Å². The highest BCUT2D eigenvalue weighted by atomic mass is 35.5. The maximum atomic E-state index is 13.4. The van der Waals surface area contributed by atoms with Crippen molar-refractivity contribution in [3.8, 4) is 0 Å². The lowest BCUT2D eigenvalue weighted by atomic mass is 9.89. The predicted octanol–water partition coefficient (Wildman–Crippen LogP) is 2.86. The molecule has 1 aromatic carbocycles. The van der Waals surface area contributed by atoms with Crippen molar-refractivity contribution in [2.24, 2.45) is 13.0 Å². The number of benzene rings is 1. The molecule has 3 heterocycles. The first-order valence-electron chi connectivity index (χ1n) is 9.60. The number of halogens is 1. The first-order valence-corrected chi connectivity index (χ1v) is 9.60. The minimum atomic E-state index is 0. The van der Waals surface area contributed by atoms with Crippen LogP contribution in [0.25, 0.3) is 0 Å². The van der Waals surface area contributed by atoms with E-state index in [-0.39, 0.29) is 24.2 Å². The zero-order valence-electron chi connectivity index (χ0n) is 16.3. The van der Waals surface area contributed by atoms with E-state index >= 15 is 0 Å². The molecule has 2 unspecified atom stereocenters. The van der Waals surface area contributed by atoms with E-state index in [1.165, 1.54) is 11.1 Å². The summed E-state index contributed by atoms with van der Waals surface area (Å²) in [6, 6.07) is 8.88. The third-order valence-corrected chi connectivity index (χ3v) is 6.17. The van der Waals surface area contributed by atoms with Crippen LogP contribution in [-0.4, -0.2) is 46.3 Å². The van der Waals surface area contributed by atoms with E-state index in [0.717, 1.165) is 31.6 Å². The standard InChI is InChI=1S/C21H28N4O.ClH/c1-14-6-4-5-7-18(14)16-8-15(2)25(13-16)21(26)20-11-22-10-19(20)17-9-23-24(3)12-17;/h4-7,9,12,15-16,19-20,22H,8,10-11,13H2,1-3H3;1H/t15?,16?,19-,20+;/m1./s1. The Morgan fingerprint density at radius 2 is 2.04 bits per heavy atom. The second kappa shape index (κ2) is 8.03. The summed E-state index contributed by atoms with van der Waals surface area (Å²) in [4.78, 5) is 15.5. The van der Waals surface area contributed by atoms with Gasteiger partial charge in [0.2, 0.25) is 5.91 Å². The van der Waals surface area contributed by atoms with Crippen LogP contribution < -0.4 is 5.32 Å². The van der Waals surface area contributed by atoms with Gasteiger partial charge in [0.25, 0.3) is 0 Å². The highest BCUT2D eigenvalue weighted by molar-refractivity contribution is 5.85. The SMILES string of the molecule is Cc1ccccc1C1CC(C)N(C(=O)[C@H]2CNC[C@@H]2c2cnn(C)c2)C1.Cl. The molecule has 1 aromatic heterocycles. The number of nitrogens with one attached hydrogen (secondary N) is 1. The number of aromatic nitrogens is 2. The monoisotopic (exact) mass is 388 g/mol. The Kier molecular flexibility index (Phi) is 5.92. The topological polar surface area (TPSA) is 50.2 Å². The molecule has 0 aliphatic carbocycles. The van der Waals surface area contributed by atoms with Gasteiger partial charge in [0.1, 0.15) is 0 Å². The molecule has 27 heavy (non-hydrogen) atoms. The summed E-state index contributed by atoms with van der Waals surface area (Å²) in [6.45, 7) is 6.81. The van der Waals surface area contributed by atoms with Gasteiger partial charge in [-0.1, -0.05) is 24.3 Å². The molecule has 4 rings (SSSR count). The number of carbonyl (C=O) groups excluding carboxylic acids is 1. The third-order valence-electron chi connectivity index (χ3n) is 6.17. The van der Waals surface area contributed by atoms with Gasteiger partial charge < -0.3 is 10.2 Å². The van der Waals surface area contributed by atoms with E-state index in [2.05, 4.69) is 53.4 Å². The van der Waals surface area contributed by atoms with Crippen LogP contribution in [0.2, 0.25) is 0 Å². The van der Waals surface area contributed by atoms with Crippen molar-refractivity contribution in [3.05, 3.63) is 53.3 Å². The molecule has 0 bridgehead atoms. The zero-order chi connectivity index (χ0) is 18.3. The van der Waals surface area contributed by atoms with Gasteiger partial charge in [-0.2, -0.15) is 5.10 Å². The minimum Gasteiger partial charge on any atom is -0.339 e. The summed E-state index contributed by atoms with van der Waals surface area (Å²) in [5, 5.41) is 7.71. The predicted molar refractivity (Wildman–Crippen MR) is 109 cm³/mol. The van der Waals surface area contributed by atoms with Crippen LogP contribution in [0.5, 0.6) is 0 Å². The Morgan fingerprint density at radius 3 is 2.74 bits per heavy atom. The summed E-state index contributed by atoms with van der Waals surface area (Å²) in [5.74, 6) is 0.979. The Morgan fingerprint density at radius 1 is 1.26 bits per heavy atom. The number of carbonyl (C=O) groups is 1. The van der Waals surface area contributed by atoms with Gasteiger partial charge in [0.15, 0.2) is 0 Å². The fourth-order valence-corrected chi connectivity index (χ4v) is 4.74. The lowest BCUT2D eigenvalue weighted by Gasteiger charge is -2.27. The molecule has 1 amide bonds. The van der Waals surface area contributed by atoms with E-state index in [4.69, 9.17) is 0 Å². The highest BCUT2D eigenvalue weighted by Crippen LogP contribution is 2.36. The van der Waals surface area contributed by atoms with Crippen molar-refractivity contribution in [2.45, 2.75) is 38.1 Å². The molecule has 0 radical (unpaired) electrons. The van der Waals surface area contributed by atoms with Crippen LogP contribution in [0.1, 0.15) is 41.9 Å². The van der Waals surface area contributed by atoms with E-state index in [9.17, 15) is 4.79 Å². The van der Waals surface area contributed by atoms with Crippen LogP contribution >= 0.6 is 12.4 Å². The molecule has 146 valence electrons. The zero-order valence-corrected chi connectivity index (χ0v) is 17.1. The number of rotatable bonds is 3.